The van der Waals surface area contributed by atoms with Crippen molar-refractivity contribution in [3.8, 4) is 17.0 Å². The molecule has 0 bridgehead atoms. The first-order valence-corrected chi connectivity index (χ1v) is 8.20. The van der Waals surface area contributed by atoms with Crippen LogP contribution < -0.4 is 0 Å². The van der Waals surface area contributed by atoms with Crippen LogP contribution in [-0.2, 0) is 9.84 Å². The monoisotopic (exact) mass is 294 g/mol. The topological polar surface area (TPSA) is 72.2 Å². The summed E-state index contributed by atoms with van der Waals surface area (Å²) in [5, 5.41) is 14.6. The van der Waals surface area contributed by atoms with Crippen molar-refractivity contribution in [1.29, 1.82) is 0 Å². The first kappa shape index (κ1) is 14.6. The van der Waals surface area contributed by atoms with Gasteiger partial charge in [0.25, 0.3) is 0 Å². The summed E-state index contributed by atoms with van der Waals surface area (Å²) in [4.78, 5) is 0.170. The van der Waals surface area contributed by atoms with Crippen molar-refractivity contribution in [3.63, 3.8) is 0 Å². The highest BCUT2D eigenvalue weighted by atomic mass is 32.2. The third-order valence-corrected chi connectivity index (χ3v) is 4.30. The fourth-order valence-electron chi connectivity index (χ4n) is 2.18. The van der Waals surface area contributed by atoms with Gasteiger partial charge < -0.3 is 5.11 Å². The number of rotatable bonds is 3. The smallest absolute Gasteiger partial charge is 0.176 e. The van der Waals surface area contributed by atoms with Gasteiger partial charge in [0, 0.05) is 17.9 Å². The molecule has 1 aromatic heterocycles. The van der Waals surface area contributed by atoms with Gasteiger partial charge in [-0.2, -0.15) is 5.10 Å². The molecule has 0 saturated carbocycles. The molecule has 5 nitrogen and oxygen atoms in total. The van der Waals surface area contributed by atoms with Gasteiger partial charge in [0.15, 0.2) is 15.6 Å². The average molecular weight is 294 g/mol. The van der Waals surface area contributed by atoms with E-state index in [4.69, 9.17) is 0 Å². The normalized spacial score (nSPS) is 12.1. The first-order chi connectivity index (χ1) is 9.23. The molecule has 0 saturated heterocycles. The molecule has 0 atom stereocenters. The Morgan fingerprint density at radius 3 is 2.35 bits per heavy atom. The molecule has 0 radical (unpaired) electrons. The molecular formula is C14H18N2O3S. The molecule has 0 aliphatic carbocycles. The van der Waals surface area contributed by atoms with E-state index < -0.39 is 9.84 Å². The van der Waals surface area contributed by atoms with Crippen LogP contribution in [0.15, 0.2) is 29.2 Å². The van der Waals surface area contributed by atoms with Crippen molar-refractivity contribution in [2.75, 3.05) is 6.26 Å². The van der Waals surface area contributed by atoms with Gasteiger partial charge in [0.2, 0.25) is 0 Å². The molecule has 1 heterocycles. The molecule has 0 unspecified atom stereocenters. The van der Waals surface area contributed by atoms with E-state index in [1.165, 1.54) is 6.07 Å². The van der Waals surface area contributed by atoms with Crippen molar-refractivity contribution in [2.24, 2.45) is 0 Å². The lowest BCUT2D eigenvalue weighted by atomic mass is 10.1. The van der Waals surface area contributed by atoms with E-state index in [1.807, 2.05) is 13.8 Å². The van der Waals surface area contributed by atoms with Gasteiger partial charge in [0.1, 0.15) is 5.69 Å². The second-order valence-corrected chi connectivity index (χ2v) is 7.07. The van der Waals surface area contributed by atoms with Crippen LogP contribution in [0.4, 0.5) is 0 Å². The van der Waals surface area contributed by atoms with Crippen LogP contribution in [0.5, 0.6) is 5.75 Å². The summed E-state index contributed by atoms with van der Waals surface area (Å²) in [5.41, 5.74) is 1.35. The number of hydrogen-bond donors (Lipinski definition) is 1. The van der Waals surface area contributed by atoms with Gasteiger partial charge in [-0.25, -0.2) is 8.42 Å². The van der Waals surface area contributed by atoms with Crippen LogP contribution in [0, 0.1) is 6.92 Å². The molecule has 0 aliphatic heterocycles. The molecule has 1 aromatic carbocycles. The number of aromatic hydroxyl groups is 1. The highest BCUT2D eigenvalue weighted by Gasteiger charge is 2.22. The minimum Gasteiger partial charge on any atom is -0.504 e. The van der Waals surface area contributed by atoms with Crippen molar-refractivity contribution >= 4 is 9.84 Å². The third-order valence-electron chi connectivity index (χ3n) is 3.15. The fraction of sp³-hybridized carbons (Fsp3) is 0.357. The zero-order chi connectivity index (χ0) is 15.1. The predicted octanol–water partition coefficient (Wildman–Crippen LogP) is 2.55. The van der Waals surface area contributed by atoms with Crippen molar-refractivity contribution in [2.45, 2.75) is 31.7 Å². The van der Waals surface area contributed by atoms with Crippen LogP contribution in [-0.4, -0.2) is 29.6 Å². The van der Waals surface area contributed by atoms with Gasteiger partial charge in [0.05, 0.1) is 10.6 Å². The highest BCUT2D eigenvalue weighted by molar-refractivity contribution is 7.90. The molecule has 20 heavy (non-hydrogen) atoms. The highest BCUT2D eigenvalue weighted by Crippen LogP contribution is 2.35. The van der Waals surface area contributed by atoms with E-state index in [-0.39, 0.29) is 16.7 Å². The van der Waals surface area contributed by atoms with E-state index in [0.29, 0.717) is 17.0 Å². The summed E-state index contributed by atoms with van der Waals surface area (Å²) in [6, 6.07) is 6.65. The molecular weight excluding hydrogens is 276 g/mol. The molecule has 6 heteroatoms. The number of benzene rings is 1. The lowest BCUT2D eigenvalue weighted by Crippen LogP contribution is -2.05. The first-order valence-electron chi connectivity index (χ1n) is 6.31. The lowest BCUT2D eigenvalue weighted by Gasteiger charge is -2.07. The Hall–Kier alpha value is -1.82. The summed E-state index contributed by atoms with van der Waals surface area (Å²) in [6.45, 7) is 5.66. The second-order valence-electron chi connectivity index (χ2n) is 5.09. The Morgan fingerprint density at radius 1 is 1.25 bits per heavy atom. The Balaban J connectivity index is 2.74. The van der Waals surface area contributed by atoms with E-state index in [0.717, 1.165) is 6.26 Å². The molecule has 0 fully saturated rings. The van der Waals surface area contributed by atoms with E-state index in [1.54, 1.807) is 29.8 Å². The van der Waals surface area contributed by atoms with E-state index in [9.17, 15) is 13.5 Å². The van der Waals surface area contributed by atoms with E-state index in [2.05, 4.69) is 5.10 Å². The Morgan fingerprint density at radius 2 is 1.85 bits per heavy atom. The van der Waals surface area contributed by atoms with Crippen LogP contribution in [0.25, 0.3) is 11.3 Å². The lowest BCUT2D eigenvalue weighted by molar-refractivity contribution is 0.461. The zero-order valence-corrected chi connectivity index (χ0v) is 12.8. The number of hydrogen-bond acceptors (Lipinski definition) is 4. The largest absolute Gasteiger partial charge is 0.504 e. The van der Waals surface area contributed by atoms with Crippen LogP contribution >= 0.6 is 0 Å². The molecule has 1 N–H and O–H groups in total. The predicted molar refractivity (Wildman–Crippen MR) is 77.6 cm³/mol. The summed E-state index contributed by atoms with van der Waals surface area (Å²) in [7, 11) is -3.38. The van der Waals surface area contributed by atoms with Gasteiger partial charge in [-0.05, 0) is 26.8 Å². The maximum absolute atomic E-state index is 11.8. The Bertz CT molecular complexity index is 746. The molecule has 2 rings (SSSR count). The van der Waals surface area contributed by atoms with Gasteiger partial charge in [-0.15, -0.1) is 0 Å². The third kappa shape index (κ3) is 2.43. The van der Waals surface area contributed by atoms with Crippen LogP contribution in [0.1, 0.15) is 25.6 Å². The van der Waals surface area contributed by atoms with Gasteiger partial charge >= 0.3 is 0 Å². The van der Waals surface area contributed by atoms with Crippen LogP contribution in [0.2, 0.25) is 0 Å². The second kappa shape index (κ2) is 4.94. The minimum absolute atomic E-state index is 0.0230. The Labute approximate surface area is 118 Å². The van der Waals surface area contributed by atoms with Crippen LogP contribution in [0.3, 0.4) is 0 Å². The van der Waals surface area contributed by atoms with Gasteiger partial charge in [-0.1, -0.05) is 18.2 Å². The van der Waals surface area contributed by atoms with Crippen molar-refractivity contribution < 1.29 is 13.5 Å². The van der Waals surface area contributed by atoms with Crippen molar-refractivity contribution in [3.05, 3.63) is 30.0 Å². The average Bonchev–Trinajstić information content (AvgIpc) is 2.65. The number of sulfone groups is 1. The van der Waals surface area contributed by atoms with Crippen molar-refractivity contribution in [1.82, 2.24) is 9.78 Å². The van der Waals surface area contributed by atoms with Gasteiger partial charge in [-0.3, -0.25) is 4.68 Å². The molecule has 0 aliphatic rings. The minimum atomic E-state index is -3.38. The SMILES string of the molecule is Cc1c(O)c(-c2ccccc2S(C)(=O)=O)nn1C(C)C. The Kier molecular flexibility index (Phi) is 3.60. The number of nitrogens with zero attached hydrogens (tertiary/aromatic N) is 2. The maximum atomic E-state index is 11.8. The summed E-state index contributed by atoms with van der Waals surface area (Å²) < 4.78 is 25.4. The summed E-state index contributed by atoms with van der Waals surface area (Å²) >= 11 is 0. The maximum Gasteiger partial charge on any atom is 0.176 e. The summed E-state index contributed by atoms with van der Waals surface area (Å²) in [6.07, 6.45) is 1.15. The number of aromatic nitrogens is 2. The molecule has 108 valence electrons. The standard InChI is InChI=1S/C14H18N2O3S/c1-9(2)16-10(3)14(17)13(15-16)11-7-5-6-8-12(11)20(4,18)19/h5-9,17H,1-4H3. The van der Waals surface area contributed by atoms with E-state index >= 15 is 0 Å². The molecule has 0 spiro atoms. The zero-order valence-electron chi connectivity index (χ0n) is 12.0. The molecule has 2 aromatic rings. The fourth-order valence-corrected chi connectivity index (χ4v) is 3.07. The summed E-state index contributed by atoms with van der Waals surface area (Å²) in [5.74, 6) is 0.0230. The quantitative estimate of drug-likeness (QED) is 0.944. The molecule has 0 amide bonds.